The van der Waals surface area contributed by atoms with Crippen molar-refractivity contribution >= 4 is 40.2 Å². The van der Waals surface area contributed by atoms with Gasteiger partial charge in [0.15, 0.2) is 0 Å². The molecule has 5 nitrogen and oxygen atoms in total. The molecular weight excluding hydrogens is 382 g/mol. The Morgan fingerprint density at radius 2 is 1.76 bits per heavy atom. The van der Waals surface area contributed by atoms with Crippen LogP contribution in [0.4, 0.5) is 5.69 Å². The number of rotatable bonds is 5. The second-order valence-corrected chi connectivity index (χ2v) is 8.38. The summed E-state index contributed by atoms with van der Waals surface area (Å²) in [5.41, 5.74) is 3.41. The van der Waals surface area contributed by atoms with Crippen LogP contribution in [0.15, 0.2) is 54.6 Å². The van der Waals surface area contributed by atoms with Gasteiger partial charge in [-0.1, -0.05) is 30.3 Å². The van der Waals surface area contributed by atoms with Gasteiger partial charge in [-0.05, 0) is 36.8 Å². The third-order valence-electron chi connectivity index (χ3n) is 5.29. The van der Waals surface area contributed by atoms with Crippen molar-refractivity contribution in [2.45, 2.75) is 19.9 Å². The maximum absolute atomic E-state index is 12.8. The number of aryl methyl sites for hydroxylation is 1. The lowest BCUT2D eigenvalue weighted by Crippen LogP contribution is -2.38. The van der Waals surface area contributed by atoms with Gasteiger partial charge in [-0.3, -0.25) is 9.59 Å². The summed E-state index contributed by atoms with van der Waals surface area (Å²) in [6.45, 7) is 4.44. The van der Waals surface area contributed by atoms with Crippen LogP contribution in [0.3, 0.4) is 0 Å². The molecule has 0 unspecified atom stereocenters. The Hall–Kier alpha value is -2.73. The largest absolute Gasteiger partial charge is 0.341 e. The van der Waals surface area contributed by atoms with E-state index in [9.17, 15) is 9.59 Å². The fourth-order valence-electron chi connectivity index (χ4n) is 3.74. The van der Waals surface area contributed by atoms with Crippen molar-refractivity contribution in [3.05, 3.63) is 65.9 Å². The fraction of sp³-hybridized carbons (Fsp3) is 0.304. The highest BCUT2D eigenvalue weighted by molar-refractivity contribution is 7.99. The highest BCUT2D eigenvalue weighted by atomic mass is 32.2. The third-order valence-corrected chi connectivity index (χ3v) is 6.23. The number of hydrogen-bond donors (Lipinski definition) is 1. The molecule has 2 aromatic carbocycles. The van der Waals surface area contributed by atoms with Gasteiger partial charge in [-0.25, -0.2) is 0 Å². The van der Waals surface area contributed by atoms with Crippen LogP contribution in [0, 0.1) is 0 Å². The Morgan fingerprint density at radius 3 is 2.48 bits per heavy atom. The second-order valence-electron chi connectivity index (χ2n) is 7.15. The zero-order valence-corrected chi connectivity index (χ0v) is 17.4. The lowest BCUT2D eigenvalue weighted by molar-refractivity contribution is -0.130. The minimum absolute atomic E-state index is 0.127. The average molecular weight is 408 g/mol. The van der Waals surface area contributed by atoms with Gasteiger partial charge in [-0.15, -0.1) is 0 Å². The minimum atomic E-state index is -0.127. The SMILES string of the molecule is CCn1c(C(=O)Nc2ccc(CC(=O)N3CCSCC3)cc2)cc2ccccc21. The van der Waals surface area contributed by atoms with Gasteiger partial charge in [0.2, 0.25) is 5.91 Å². The lowest BCUT2D eigenvalue weighted by atomic mass is 10.1. The Labute approximate surface area is 175 Å². The molecule has 0 spiro atoms. The molecular formula is C23H25N3O2S. The van der Waals surface area contributed by atoms with Gasteiger partial charge in [0.25, 0.3) is 5.91 Å². The molecule has 0 aliphatic carbocycles. The second kappa shape index (κ2) is 8.74. The Bertz CT molecular complexity index is 1020. The molecule has 1 fully saturated rings. The Kier molecular flexibility index (Phi) is 5.90. The van der Waals surface area contributed by atoms with Crippen LogP contribution in [0.2, 0.25) is 0 Å². The summed E-state index contributed by atoms with van der Waals surface area (Å²) in [7, 11) is 0. The molecule has 0 atom stereocenters. The number of nitrogens with one attached hydrogen (secondary N) is 1. The summed E-state index contributed by atoms with van der Waals surface area (Å²) in [6.07, 6.45) is 0.406. The van der Waals surface area contributed by atoms with Crippen molar-refractivity contribution in [3.63, 3.8) is 0 Å². The van der Waals surface area contributed by atoms with Gasteiger partial charge in [-0.2, -0.15) is 11.8 Å². The predicted molar refractivity (Wildman–Crippen MR) is 120 cm³/mol. The first-order valence-corrected chi connectivity index (χ1v) is 11.2. The molecule has 1 aromatic heterocycles. The van der Waals surface area contributed by atoms with Crippen LogP contribution in [0.1, 0.15) is 23.0 Å². The van der Waals surface area contributed by atoms with Gasteiger partial charge in [0.05, 0.1) is 6.42 Å². The van der Waals surface area contributed by atoms with E-state index in [0.717, 1.165) is 53.3 Å². The number of benzene rings is 2. The smallest absolute Gasteiger partial charge is 0.272 e. The minimum Gasteiger partial charge on any atom is -0.341 e. The van der Waals surface area contributed by atoms with Crippen LogP contribution in [-0.2, 0) is 17.8 Å². The zero-order chi connectivity index (χ0) is 20.2. The van der Waals surface area contributed by atoms with Crippen molar-refractivity contribution in [1.29, 1.82) is 0 Å². The van der Waals surface area contributed by atoms with Crippen molar-refractivity contribution in [1.82, 2.24) is 9.47 Å². The van der Waals surface area contributed by atoms with Gasteiger partial charge in [0.1, 0.15) is 5.69 Å². The first-order valence-electron chi connectivity index (χ1n) is 10.00. The summed E-state index contributed by atoms with van der Waals surface area (Å²) >= 11 is 1.90. The molecule has 0 bridgehead atoms. The van der Waals surface area contributed by atoms with Crippen LogP contribution in [-0.4, -0.2) is 45.9 Å². The normalized spacial score (nSPS) is 14.2. The number of carbonyl (C=O) groups excluding carboxylic acids is 2. The molecule has 2 heterocycles. The molecule has 6 heteroatoms. The van der Waals surface area contributed by atoms with Gasteiger partial charge in [0, 0.05) is 47.7 Å². The molecule has 4 rings (SSSR count). The van der Waals surface area contributed by atoms with Crippen LogP contribution in [0.5, 0.6) is 0 Å². The van der Waals surface area contributed by atoms with Crippen molar-refractivity contribution in [2.24, 2.45) is 0 Å². The van der Waals surface area contributed by atoms with Gasteiger partial charge >= 0.3 is 0 Å². The van der Waals surface area contributed by atoms with E-state index in [-0.39, 0.29) is 11.8 Å². The summed E-state index contributed by atoms with van der Waals surface area (Å²) in [6, 6.07) is 17.5. The molecule has 29 heavy (non-hydrogen) atoms. The molecule has 1 saturated heterocycles. The average Bonchev–Trinajstić information content (AvgIpc) is 3.14. The number of anilines is 1. The molecule has 2 amide bonds. The Morgan fingerprint density at radius 1 is 1.03 bits per heavy atom. The summed E-state index contributed by atoms with van der Waals surface area (Å²) < 4.78 is 2.02. The van der Waals surface area contributed by atoms with E-state index in [4.69, 9.17) is 0 Å². The fourth-order valence-corrected chi connectivity index (χ4v) is 4.64. The number of nitrogens with zero attached hydrogens (tertiary/aromatic N) is 2. The summed E-state index contributed by atoms with van der Waals surface area (Å²) in [5, 5.41) is 4.04. The van der Waals surface area contributed by atoms with E-state index in [2.05, 4.69) is 5.32 Å². The van der Waals surface area contributed by atoms with E-state index < -0.39 is 0 Å². The van der Waals surface area contributed by atoms with E-state index in [1.807, 2.05) is 82.7 Å². The van der Waals surface area contributed by atoms with E-state index in [0.29, 0.717) is 12.1 Å². The van der Waals surface area contributed by atoms with Crippen LogP contribution >= 0.6 is 11.8 Å². The van der Waals surface area contributed by atoms with Gasteiger partial charge < -0.3 is 14.8 Å². The zero-order valence-electron chi connectivity index (χ0n) is 16.6. The topological polar surface area (TPSA) is 54.3 Å². The maximum atomic E-state index is 12.8. The first-order chi connectivity index (χ1) is 14.2. The monoisotopic (exact) mass is 407 g/mol. The number of aromatic nitrogens is 1. The maximum Gasteiger partial charge on any atom is 0.272 e. The number of amides is 2. The molecule has 3 aromatic rings. The van der Waals surface area contributed by atoms with Crippen LogP contribution in [0.25, 0.3) is 10.9 Å². The van der Waals surface area contributed by atoms with Crippen LogP contribution < -0.4 is 5.32 Å². The number of hydrogen-bond acceptors (Lipinski definition) is 3. The summed E-state index contributed by atoms with van der Waals surface area (Å²) in [5.74, 6) is 2.09. The van der Waals surface area contributed by atoms with E-state index in [1.54, 1.807) is 0 Å². The number of fused-ring (bicyclic) bond motifs is 1. The predicted octanol–water partition coefficient (Wildman–Crippen LogP) is 4.03. The molecule has 1 N–H and O–H groups in total. The molecule has 0 saturated carbocycles. The highest BCUT2D eigenvalue weighted by Gasteiger charge is 2.17. The first kappa shape index (κ1) is 19.6. The van der Waals surface area contributed by atoms with Crippen molar-refractivity contribution in [3.8, 4) is 0 Å². The Balaban J connectivity index is 1.43. The molecule has 150 valence electrons. The van der Waals surface area contributed by atoms with Crippen molar-refractivity contribution in [2.75, 3.05) is 29.9 Å². The highest BCUT2D eigenvalue weighted by Crippen LogP contribution is 2.21. The quantitative estimate of drug-likeness (QED) is 0.695. The number of thioether (sulfide) groups is 1. The molecule has 1 aliphatic rings. The molecule has 0 radical (unpaired) electrons. The molecule has 1 aliphatic heterocycles. The van der Waals surface area contributed by atoms with Crippen molar-refractivity contribution < 1.29 is 9.59 Å². The standard InChI is InChI=1S/C23H25N3O2S/c1-2-26-20-6-4-3-5-18(20)16-21(26)23(28)24-19-9-7-17(8-10-19)15-22(27)25-11-13-29-14-12-25/h3-10,16H,2,11-15H2,1H3,(H,24,28). The van der Waals surface area contributed by atoms with E-state index in [1.165, 1.54) is 0 Å². The number of para-hydroxylation sites is 1. The van der Waals surface area contributed by atoms with E-state index >= 15 is 0 Å². The lowest BCUT2D eigenvalue weighted by Gasteiger charge is -2.26. The number of carbonyl (C=O) groups is 2. The third kappa shape index (κ3) is 4.32. The summed E-state index contributed by atoms with van der Waals surface area (Å²) in [4.78, 5) is 27.2.